The number of aryl methyl sites for hydroxylation is 1. The lowest BCUT2D eigenvalue weighted by atomic mass is 9.96. The maximum Gasteiger partial charge on any atom is 0.0852 e. The minimum Gasteiger partial charge on any atom is -0.393 e. The molecule has 76 valence electrons. The molecule has 1 fully saturated rings. The largest absolute Gasteiger partial charge is 0.393 e. The summed E-state index contributed by atoms with van der Waals surface area (Å²) in [6, 6.07) is 8.21. The summed E-state index contributed by atoms with van der Waals surface area (Å²) in [5.74, 6) is 0. The van der Waals surface area contributed by atoms with Crippen LogP contribution in [0.5, 0.6) is 0 Å². The van der Waals surface area contributed by atoms with Crippen LogP contribution in [0.2, 0.25) is 0 Å². The van der Waals surface area contributed by atoms with Crippen LogP contribution in [0.1, 0.15) is 30.1 Å². The molecule has 1 aromatic rings. The summed E-state index contributed by atoms with van der Waals surface area (Å²) >= 11 is 0. The summed E-state index contributed by atoms with van der Waals surface area (Å²) in [5.41, 5.74) is 2.46. The first-order chi connectivity index (χ1) is 6.77. The first-order valence-corrected chi connectivity index (χ1v) is 5.12. The summed E-state index contributed by atoms with van der Waals surface area (Å²) in [7, 11) is 0. The van der Waals surface area contributed by atoms with Crippen LogP contribution in [0.4, 0.5) is 0 Å². The molecule has 1 aromatic carbocycles. The molecule has 0 radical (unpaired) electrons. The maximum absolute atomic E-state index is 9.55. The van der Waals surface area contributed by atoms with Gasteiger partial charge in [-0.05, 0) is 24.5 Å². The molecule has 2 atom stereocenters. The van der Waals surface area contributed by atoms with E-state index < -0.39 is 0 Å². The van der Waals surface area contributed by atoms with E-state index in [0.717, 1.165) is 12.8 Å². The maximum atomic E-state index is 9.55. The molecule has 0 saturated carbocycles. The van der Waals surface area contributed by atoms with Gasteiger partial charge in [0.05, 0.1) is 12.2 Å². The third-order valence-corrected chi connectivity index (χ3v) is 2.79. The molecule has 2 heteroatoms. The zero-order valence-corrected chi connectivity index (χ0v) is 8.44. The average Bonchev–Trinajstić information content (AvgIpc) is 2.18. The Balaban J connectivity index is 2.18. The molecule has 1 heterocycles. The Kier molecular flexibility index (Phi) is 2.85. The number of ether oxygens (including phenoxy) is 1. The highest BCUT2D eigenvalue weighted by atomic mass is 16.5. The van der Waals surface area contributed by atoms with Crippen molar-refractivity contribution in [2.24, 2.45) is 0 Å². The Bertz CT molecular complexity index is 309. The van der Waals surface area contributed by atoms with Crippen LogP contribution >= 0.6 is 0 Å². The molecule has 1 aliphatic rings. The van der Waals surface area contributed by atoms with Gasteiger partial charge in [0.2, 0.25) is 0 Å². The minimum atomic E-state index is -0.201. The number of hydrogen-bond donors (Lipinski definition) is 1. The number of benzene rings is 1. The van der Waals surface area contributed by atoms with Crippen LogP contribution in [0.3, 0.4) is 0 Å². The summed E-state index contributed by atoms with van der Waals surface area (Å²) < 4.78 is 5.66. The van der Waals surface area contributed by atoms with Crippen LogP contribution in [0.25, 0.3) is 0 Å². The van der Waals surface area contributed by atoms with Crippen LogP contribution in [0, 0.1) is 6.92 Å². The van der Waals surface area contributed by atoms with E-state index >= 15 is 0 Å². The molecule has 0 aromatic heterocycles. The molecule has 0 spiro atoms. The summed E-state index contributed by atoms with van der Waals surface area (Å²) in [6.07, 6.45) is 1.38. The number of hydrogen-bond acceptors (Lipinski definition) is 2. The predicted octanol–water partition coefficient (Wildman–Crippen LogP) is 2.21. The lowest BCUT2D eigenvalue weighted by Gasteiger charge is -2.27. The van der Waals surface area contributed by atoms with Gasteiger partial charge in [-0.1, -0.05) is 24.3 Å². The number of rotatable bonds is 1. The normalized spacial score (nSPS) is 27.6. The molecule has 1 N–H and O–H groups in total. The number of aliphatic hydroxyl groups excluding tert-OH is 1. The van der Waals surface area contributed by atoms with E-state index in [1.807, 2.05) is 12.1 Å². The molecule has 1 aliphatic heterocycles. The third kappa shape index (κ3) is 1.97. The van der Waals surface area contributed by atoms with Crippen molar-refractivity contribution in [3.05, 3.63) is 35.4 Å². The molecule has 2 unspecified atom stereocenters. The summed E-state index contributed by atoms with van der Waals surface area (Å²) in [6.45, 7) is 2.75. The SMILES string of the molecule is Cc1ccccc1C1CC(O)CCO1. The molecule has 0 aliphatic carbocycles. The lowest BCUT2D eigenvalue weighted by Crippen LogP contribution is -2.23. The van der Waals surface area contributed by atoms with Crippen LogP contribution < -0.4 is 0 Å². The molecular weight excluding hydrogens is 176 g/mol. The second-order valence-corrected chi connectivity index (χ2v) is 3.89. The second-order valence-electron chi connectivity index (χ2n) is 3.89. The Hall–Kier alpha value is -0.860. The molecule has 0 bridgehead atoms. The van der Waals surface area contributed by atoms with Gasteiger partial charge < -0.3 is 9.84 Å². The fourth-order valence-electron chi connectivity index (χ4n) is 1.94. The predicted molar refractivity (Wildman–Crippen MR) is 55.1 cm³/mol. The highest BCUT2D eigenvalue weighted by Gasteiger charge is 2.22. The highest BCUT2D eigenvalue weighted by Crippen LogP contribution is 2.29. The van der Waals surface area contributed by atoms with E-state index in [2.05, 4.69) is 19.1 Å². The van der Waals surface area contributed by atoms with E-state index in [1.54, 1.807) is 0 Å². The number of aliphatic hydroxyl groups is 1. The molecule has 1 saturated heterocycles. The van der Waals surface area contributed by atoms with Gasteiger partial charge in [0.1, 0.15) is 0 Å². The first-order valence-electron chi connectivity index (χ1n) is 5.12. The lowest BCUT2D eigenvalue weighted by molar-refractivity contribution is -0.0450. The monoisotopic (exact) mass is 192 g/mol. The van der Waals surface area contributed by atoms with Gasteiger partial charge in [0.25, 0.3) is 0 Å². The van der Waals surface area contributed by atoms with Gasteiger partial charge in [-0.2, -0.15) is 0 Å². The van der Waals surface area contributed by atoms with Gasteiger partial charge >= 0.3 is 0 Å². The minimum absolute atomic E-state index is 0.0833. The standard InChI is InChI=1S/C12H16O2/c1-9-4-2-3-5-11(9)12-8-10(13)6-7-14-12/h2-5,10,12-13H,6-8H2,1H3. The van der Waals surface area contributed by atoms with Crippen molar-refractivity contribution in [1.29, 1.82) is 0 Å². The second kappa shape index (κ2) is 4.11. The van der Waals surface area contributed by atoms with E-state index in [1.165, 1.54) is 11.1 Å². The van der Waals surface area contributed by atoms with Crippen molar-refractivity contribution >= 4 is 0 Å². The fraction of sp³-hybridized carbons (Fsp3) is 0.500. The van der Waals surface area contributed by atoms with Crippen molar-refractivity contribution in [2.75, 3.05) is 6.61 Å². The smallest absolute Gasteiger partial charge is 0.0852 e. The van der Waals surface area contributed by atoms with E-state index in [-0.39, 0.29) is 12.2 Å². The van der Waals surface area contributed by atoms with Crippen molar-refractivity contribution in [3.63, 3.8) is 0 Å². The molecule has 2 nitrogen and oxygen atoms in total. The molecular formula is C12H16O2. The van der Waals surface area contributed by atoms with Crippen molar-refractivity contribution < 1.29 is 9.84 Å². The zero-order valence-electron chi connectivity index (χ0n) is 8.44. The molecule has 14 heavy (non-hydrogen) atoms. The zero-order chi connectivity index (χ0) is 9.97. The van der Waals surface area contributed by atoms with E-state index in [4.69, 9.17) is 4.74 Å². The summed E-state index contributed by atoms with van der Waals surface area (Å²) in [5, 5.41) is 9.55. The van der Waals surface area contributed by atoms with E-state index in [9.17, 15) is 5.11 Å². The van der Waals surface area contributed by atoms with Crippen molar-refractivity contribution in [3.8, 4) is 0 Å². The first kappa shape index (κ1) is 9.69. The van der Waals surface area contributed by atoms with Crippen LogP contribution in [-0.4, -0.2) is 17.8 Å². The highest BCUT2D eigenvalue weighted by molar-refractivity contribution is 5.28. The molecule has 2 rings (SSSR count). The van der Waals surface area contributed by atoms with E-state index in [0.29, 0.717) is 6.61 Å². The van der Waals surface area contributed by atoms with Gasteiger partial charge in [-0.15, -0.1) is 0 Å². The molecule has 0 amide bonds. The van der Waals surface area contributed by atoms with Crippen molar-refractivity contribution in [1.82, 2.24) is 0 Å². The average molecular weight is 192 g/mol. The Morgan fingerprint density at radius 1 is 1.36 bits per heavy atom. The van der Waals surface area contributed by atoms with Crippen LogP contribution in [0.15, 0.2) is 24.3 Å². The van der Waals surface area contributed by atoms with Gasteiger partial charge in [0.15, 0.2) is 0 Å². The quantitative estimate of drug-likeness (QED) is 0.739. The third-order valence-electron chi connectivity index (χ3n) is 2.79. The summed E-state index contributed by atoms with van der Waals surface area (Å²) in [4.78, 5) is 0. The Morgan fingerprint density at radius 2 is 2.14 bits per heavy atom. The van der Waals surface area contributed by atoms with Crippen molar-refractivity contribution in [2.45, 2.75) is 32.0 Å². The Morgan fingerprint density at radius 3 is 2.86 bits per heavy atom. The van der Waals surface area contributed by atoms with Gasteiger partial charge in [-0.3, -0.25) is 0 Å². The van der Waals surface area contributed by atoms with Crippen LogP contribution in [-0.2, 0) is 4.74 Å². The Labute approximate surface area is 84.5 Å². The topological polar surface area (TPSA) is 29.5 Å². The van der Waals surface area contributed by atoms with Gasteiger partial charge in [-0.25, -0.2) is 0 Å². The van der Waals surface area contributed by atoms with Gasteiger partial charge in [0, 0.05) is 13.0 Å². The fourth-order valence-corrected chi connectivity index (χ4v) is 1.94.